The van der Waals surface area contributed by atoms with E-state index in [0.29, 0.717) is 17.2 Å². The molecule has 5 aromatic rings. The Bertz CT molecular complexity index is 1500. The molecule has 0 spiro atoms. The van der Waals surface area contributed by atoms with Crippen LogP contribution < -0.4 is 4.90 Å². The van der Waals surface area contributed by atoms with E-state index in [1.807, 2.05) is 22.8 Å². The maximum Gasteiger partial charge on any atom is 0.172 e. The number of phenolic OH excluding ortho intramolecular Hbond substituents is 1. The SMILES string of the molecule is CC(C)c1n[nH]c2cc(O)c(-c3nnc(-c4cccnc4)n3-c3ccc(N4CCOCC4)cc3)cc12. The zero-order valence-electron chi connectivity index (χ0n) is 20.2. The van der Waals surface area contributed by atoms with Gasteiger partial charge < -0.3 is 14.7 Å². The second-order valence-corrected chi connectivity index (χ2v) is 9.22. The van der Waals surface area contributed by atoms with Crippen molar-refractivity contribution in [1.29, 1.82) is 0 Å². The average Bonchev–Trinajstić information content (AvgIpc) is 3.54. The summed E-state index contributed by atoms with van der Waals surface area (Å²) < 4.78 is 7.46. The van der Waals surface area contributed by atoms with Gasteiger partial charge in [0.1, 0.15) is 5.75 Å². The normalized spacial score (nSPS) is 14.1. The molecule has 182 valence electrons. The van der Waals surface area contributed by atoms with Crippen LogP contribution in [0.2, 0.25) is 0 Å². The van der Waals surface area contributed by atoms with Crippen molar-refractivity contribution in [1.82, 2.24) is 29.9 Å². The lowest BCUT2D eigenvalue weighted by atomic mass is 10.0. The molecule has 0 unspecified atom stereocenters. The van der Waals surface area contributed by atoms with Gasteiger partial charge in [0.05, 0.1) is 30.0 Å². The minimum Gasteiger partial charge on any atom is -0.507 e. The first-order valence-electron chi connectivity index (χ1n) is 12.1. The molecule has 6 rings (SSSR count). The van der Waals surface area contributed by atoms with E-state index >= 15 is 0 Å². The lowest BCUT2D eigenvalue weighted by molar-refractivity contribution is 0.122. The molecule has 1 fully saturated rings. The highest BCUT2D eigenvalue weighted by molar-refractivity contribution is 5.89. The number of hydrogen-bond acceptors (Lipinski definition) is 7. The first-order valence-corrected chi connectivity index (χ1v) is 12.1. The number of aromatic amines is 1. The molecular formula is C27H27N7O2. The van der Waals surface area contributed by atoms with Crippen LogP contribution in [0.1, 0.15) is 25.5 Å². The van der Waals surface area contributed by atoms with Gasteiger partial charge in [-0.15, -0.1) is 10.2 Å². The first kappa shape index (κ1) is 22.2. The van der Waals surface area contributed by atoms with Gasteiger partial charge in [-0.2, -0.15) is 5.10 Å². The fraction of sp³-hybridized carbons (Fsp3) is 0.259. The Labute approximate surface area is 208 Å². The zero-order chi connectivity index (χ0) is 24.6. The average molecular weight is 482 g/mol. The lowest BCUT2D eigenvalue weighted by Gasteiger charge is -2.29. The monoisotopic (exact) mass is 481 g/mol. The second-order valence-electron chi connectivity index (χ2n) is 9.22. The number of morpholine rings is 1. The fourth-order valence-electron chi connectivity index (χ4n) is 4.71. The third-order valence-electron chi connectivity index (χ3n) is 6.56. The summed E-state index contributed by atoms with van der Waals surface area (Å²) in [7, 11) is 0. The number of aromatic hydroxyl groups is 1. The van der Waals surface area contributed by atoms with Gasteiger partial charge in [0.15, 0.2) is 11.6 Å². The van der Waals surface area contributed by atoms with Crippen LogP contribution in [-0.2, 0) is 4.74 Å². The Morgan fingerprint density at radius 2 is 1.72 bits per heavy atom. The van der Waals surface area contributed by atoms with Crippen LogP contribution in [-0.4, -0.2) is 61.4 Å². The van der Waals surface area contributed by atoms with Crippen LogP contribution >= 0.6 is 0 Å². The Kier molecular flexibility index (Phi) is 5.61. The Hall–Kier alpha value is -4.24. The van der Waals surface area contributed by atoms with Crippen LogP contribution in [0, 0.1) is 0 Å². The van der Waals surface area contributed by atoms with Crippen molar-refractivity contribution >= 4 is 16.6 Å². The van der Waals surface area contributed by atoms with E-state index in [-0.39, 0.29) is 11.7 Å². The van der Waals surface area contributed by atoms with Crippen molar-refractivity contribution in [3.05, 3.63) is 66.6 Å². The molecule has 0 atom stereocenters. The van der Waals surface area contributed by atoms with Crippen molar-refractivity contribution in [2.24, 2.45) is 0 Å². The predicted octanol–water partition coefficient (Wildman–Crippen LogP) is 4.54. The number of aromatic nitrogens is 6. The number of rotatable bonds is 5. The molecule has 0 aliphatic carbocycles. The maximum absolute atomic E-state index is 11.0. The largest absolute Gasteiger partial charge is 0.507 e. The summed E-state index contributed by atoms with van der Waals surface area (Å²) in [6.45, 7) is 7.40. The van der Waals surface area contributed by atoms with Crippen LogP contribution in [0.3, 0.4) is 0 Å². The van der Waals surface area contributed by atoms with Crippen LogP contribution in [0.4, 0.5) is 5.69 Å². The number of ether oxygens (including phenoxy) is 1. The first-order chi connectivity index (χ1) is 17.6. The van der Waals surface area contributed by atoms with Gasteiger partial charge >= 0.3 is 0 Å². The third kappa shape index (κ3) is 3.87. The topological polar surface area (TPSA) is 105 Å². The van der Waals surface area contributed by atoms with Gasteiger partial charge in [0.2, 0.25) is 0 Å². The van der Waals surface area contributed by atoms with Crippen molar-refractivity contribution in [3.8, 4) is 34.2 Å². The number of nitrogens with zero attached hydrogens (tertiary/aromatic N) is 6. The summed E-state index contributed by atoms with van der Waals surface area (Å²) in [6, 6.07) is 15.8. The van der Waals surface area contributed by atoms with Gasteiger partial charge in [-0.1, -0.05) is 13.8 Å². The second kappa shape index (κ2) is 9.09. The molecule has 2 N–H and O–H groups in total. The molecule has 0 bridgehead atoms. The molecule has 36 heavy (non-hydrogen) atoms. The number of hydrogen-bond donors (Lipinski definition) is 2. The smallest absolute Gasteiger partial charge is 0.172 e. The van der Waals surface area contributed by atoms with Crippen LogP contribution in [0.25, 0.3) is 39.4 Å². The summed E-state index contributed by atoms with van der Waals surface area (Å²) >= 11 is 0. The molecule has 1 aliphatic heterocycles. The van der Waals surface area contributed by atoms with E-state index in [1.165, 1.54) is 0 Å². The van der Waals surface area contributed by atoms with Gasteiger partial charge in [-0.05, 0) is 48.4 Å². The zero-order valence-corrected chi connectivity index (χ0v) is 20.2. The van der Waals surface area contributed by atoms with Gasteiger partial charge in [0, 0.05) is 53.9 Å². The maximum atomic E-state index is 11.0. The molecule has 0 saturated carbocycles. The number of anilines is 1. The molecule has 3 aromatic heterocycles. The summed E-state index contributed by atoms with van der Waals surface area (Å²) in [4.78, 5) is 6.59. The third-order valence-corrected chi connectivity index (χ3v) is 6.56. The molecule has 1 aliphatic rings. The van der Waals surface area contributed by atoms with Crippen molar-refractivity contribution < 1.29 is 9.84 Å². The molecule has 4 heterocycles. The fourth-order valence-corrected chi connectivity index (χ4v) is 4.71. The molecule has 2 aromatic carbocycles. The van der Waals surface area contributed by atoms with Crippen LogP contribution in [0.15, 0.2) is 60.9 Å². The van der Waals surface area contributed by atoms with Crippen molar-refractivity contribution in [2.45, 2.75) is 19.8 Å². The lowest BCUT2D eigenvalue weighted by Crippen LogP contribution is -2.36. The predicted molar refractivity (Wildman–Crippen MR) is 138 cm³/mol. The summed E-state index contributed by atoms with van der Waals surface area (Å²) in [6.07, 6.45) is 3.50. The number of pyridine rings is 1. The van der Waals surface area contributed by atoms with E-state index in [9.17, 15) is 5.11 Å². The Morgan fingerprint density at radius 3 is 2.44 bits per heavy atom. The minimum atomic E-state index is 0.109. The van der Waals surface area contributed by atoms with Gasteiger partial charge in [-0.25, -0.2) is 0 Å². The number of fused-ring (bicyclic) bond motifs is 1. The highest BCUT2D eigenvalue weighted by Crippen LogP contribution is 2.37. The summed E-state index contributed by atoms with van der Waals surface area (Å²) in [5.41, 5.74) is 5.18. The van der Waals surface area contributed by atoms with E-state index in [1.54, 1.807) is 18.5 Å². The highest BCUT2D eigenvalue weighted by atomic mass is 16.5. The number of H-pyrrole nitrogens is 1. The van der Waals surface area contributed by atoms with Crippen molar-refractivity contribution in [2.75, 3.05) is 31.2 Å². The minimum absolute atomic E-state index is 0.109. The highest BCUT2D eigenvalue weighted by Gasteiger charge is 2.22. The standard InChI is InChI=1S/C27H27N7O2/c1-17(2)25-21-14-22(24(35)15-23(21)29-30-25)27-32-31-26(18-4-3-9-28-16-18)34(27)20-7-5-19(6-8-20)33-10-12-36-13-11-33/h3-9,14-17,35H,10-13H2,1-2H3,(H,29,30). The molecule has 0 amide bonds. The quantitative estimate of drug-likeness (QED) is 0.380. The van der Waals surface area contributed by atoms with E-state index in [0.717, 1.165) is 59.8 Å². The van der Waals surface area contributed by atoms with Gasteiger partial charge in [0.25, 0.3) is 0 Å². The van der Waals surface area contributed by atoms with E-state index in [4.69, 9.17) is 4.74 Å². The van der Waals surface area contributed by atoms with Crippen LogP contribution in [0.5, 0.6) is 5.75 Å². The molecule has 0 radical (unpaired) electrons. The van der Waals surface area contributed by atoms with Crippen molar-refractivity contribution in [3.63, 3.8) is 0 Å². The van der Waals surface area contributed by atoms with E-state index in [2.05, 4.69) is 68.4 Å². The number of benzene rings is 2. The molecular weight excluding hydrogens is 454 g/mol. The Balaban J connectivity index is 1.51. The summed E-state index contributed by atoms with van der Waals surface area (Å²) in [5.74, 6) is 1.53. The summed E-state index contributed by atoms with van der Waals surface area (Å²) in [5, 5.41) is 28.5. The number of nitrogens with one attached hydrogen (secondary N) is 1. The molecule has 9 heteroatoms. The van der Waals surface area contributed by atoms with E-state index < -0.39 is 0 Å². The number of phenols is 1. The molecule has 1 saturated heterocycles. The Morgan fingerprint density at radius 1 is 0.972 bits per heavy atom. The molecule has 9 nitrogen and oxygen atoms in total. The van der Waals surface area contributed by atoms with Gasteiger partial charge in [-0.3, -0.25) is 14.6 Å².